The van der Waals surface area contributed by atoms with Crippen molar-refractivity contribution in [3.63, 3.8) is 0 Å². The fourth-order valence-corrected chi connectivity index (χ4v) is 2.07. The predicted molar refractivity (Wildman–Crippen MR) is 64.9 cm³/mol. The third-order valence-corrected chi connectivity index (χ3v) is 3.37. The van der Waals surface area contributed by atoms with Crippen molar-refractivity contribution in [2.24, 2.45) is 0 Å². The number of nitrogens with zero attached hydrogens (tertiary/aromatic N) is 2. The molecule has 0 fully saturated rings. The average molecular weight is 282 g/mol. The Morgan fingerprint density at radius 3 is 2.11 bits per heavy atom. The van der Waals surface area contributed by atoms with E-state index in [1.807, 2.05) is 6.26 Å². The van der Waals surface area contributed by atoms with Gasteiger partial charge in [-0.05, 0) is 25.4 Å². The van der Waals surface area contributed by atoms with Crippen LogP contribution < -0.4 is 4.90 Å². The maximum Gasteiger partial charge on any atom is 0.253 e. The second-order valence-corrected chi connectivity index (χ2v) is 4.90. The molecule has 1 atom stereocenters. The summed E-state index contributed by atoms with van der Waals surface area (Å²) in [7, 11) is 1.39. The van der Waals surface area contributed by atoms with Crippen LogP contribution in [-0.4, -0.2) is 30.1 Å². The van der Waals surface area contributed by atoms with E-state index in [1.165, 1.54) is 11.9 Å². The van der Waals surface area contributed by atoms with Crippen LogP contribution in [0.2, 0.25) is 0 Å². The van der Waals surface area contributed by atoms with E-state index in [0.717, 1.165) is 5.75 Å². The topological polar surface area (TPSA) is 16.1 Å². The summed E-state index contributed by atoms with van der Waals surface area (Å²) in [5.74, 6) is -5.41. The lowest BCUT2D eigenvalue weighted by Crippen LogP contribution is -2.31. The molecule has 0 aliphatic heterocycles. The first-order valence-corrected chi connectivity index (χ1v) is 6.71. The van der Waals surface area contributed by atoms with Crippen LogP contribution in [0.1, 0.15) is 13.3 Å². The van der Waals surface area contributed by atoms with Gasteiger partial charge in [0.2, 0.25) is 11.6 Å². The fourth-order valence-electron chi connectivity index (χ4n) is 1.49. The van der Waals surface area contributed by atoms with Crippen molar-refractivity contribution < 1.29 is 17.6 Å². The van der Waals surface area contributed by atoms with E-state index in [1.54, 1.807) is 18.7 Å². The van der Waals surface area contributed by atoms with Crippen LogP contribution in [0, 0.1) is 23.5 Å². The monoisotopic (exact) mass is 282 g/mol. The van der Waals surface area contributed by atoms with Gasteiger partial charge in [0.15, 0.2) is 0 Å². The Morgan fingerprint density at radius 2 is 1.67 bits per heavy atom. The summed E-state index contributed by atoms with van der Waals surface area (Å²) in [5, 5.41) is 0. The molecule has 102 valence electrons. The third kappa shape index (κ3) is 3.07. The summed E-state index contributed by atoms with van der Waals surface area (Å²) in [6, 6.07) is -0.248. The highest BCUT2D eigenvalue weighted by Crippen LogP contribution is 2.27. The molecule has 0 spiro atoms. The first-order chi connectivity index (χ1) is 8.40. The molecule has 1 aromatic rings. The minimum Gasteiger partial charge on any atom is -0.367 e. The number of aromatic nitrogens is 1. The predicted octanol–water partition coefficient (Wildman–Crippen LogP) is 3.22. The van der Waals surface area contributed by atoms with Gasteiger partial charge in [-0.2, -0.15) is 34.3 Å². The van der Waals surface area contributed by atoms with E-state index in [0.29, 0.717) is 6.42 Å². The maximum atomic E-state index is 13.5. The van der Waals surface area contributed by atoms with Crippen molar-refractivity contribution >= 4 is 17.4 Å². The molecule has 0 saturated heterocycles. The van der Waals surface area contributed by atoms with Crippen molar-refractivity contribution in [3.05, 3.63) is 23.5 Å². The van der Waals surface area contributed by atoms with Gasteiger partial charge in [-0.3, -0.25) is 0 Å². The molecule has 1 unspecified atom stereocenters. The highest BCUT2D eigenvalue weighted by atomic mass is 32.2. The number of hydrogen-bond acceptors (Lipinski definition) is 3. The molecule has 0 amide bonds. The summed E-state index contributed by atoms with van der Waals surface area (Å²) in [6.07, 6.45) is 2.54. The summed E-state index contributed by atoms with van der Waals surface area (Å²) in [4.78, 5) is 3.71. The Balaban J connectivity index is 3.08. The van der Waals surface area contributed by atoms with Crippen molar-refractivity contribution in [1.82, 2.24) is 4.98 Å². The molecule has 0 aliphatic carbocycles. The van der Waals surface area contributed by atoms with E-state index >= 15 is 0 Å². The molecule has 1 rings (SSSR count). The highest BCUT2D eigenvalue weighted by Gasteiger charge is 2.25. The van der Waals surface area contributed by atoms with Crippen molar-refractivity contribution in [2.75, 3.05) is 24.0 Å². The fraction of sp³-hybridized carbons (Fsp3) is 0.545. The van der Waals surface area contributed by atoms with Crippen LogP contribution in [-0.2, 0) is 0 Å². The quantitative estimate of drug-likeness (QED) is 0.609. The Labute approximate surface area is 107 Å². The molecule has 1 heterocycles. The van der Waals surface area contributed by atoms with Crippen LogP contribution in [0.4, 0.5) is 23.2 Å². The van der Waals surface area contributed by atoms with Gasteiger partial charge >= 0.3 is 0 Å². The normalized spacial score (nSPS) is 12.6. The van der Waals surface area contributed by atoms with Gasteiger partial charge in [-0.25, -0.2) is 0 Å². The summed E-state index contributed by atoms with van der Waals surface area (Å²) in [6.45, 7) is 1.73. The molecular weight excluding hydrogens is 268 g/mol. The largest absolute Gasteiger partial charge is 0.367 e. The van der Waals surface area contributed by atoms with Crippen LogP contribution in [0.5, 0.6) is 0 Å². The van der Waals surface area contributed by atoms with Crippen molar-refractivity contribution in [3.8, 4) is 0 Å². The molecular formula is C11H14F4N2S. The third-order valence-electron chi connectivity index (χ3n) is 2.73. The van der Waals surface area contributed by atoms with E-state index < -0.39 is 29.2 Å². The Hall–Kier alpha value is -0.980. The van der Waals surface area contributed by atoms with Crippen LogP contribution in [0.25, 0.3) is 0 Å². The number of pyridine rings is 1. The van der Waals surface area contributed by atoms with Crippen LogP contribution in [0.3, 0.4) is 0 Å². The van der Waals surface area contributed by atoms with Crippen molar-refractivity contribution in [1.29, 1.82) is 0 Å². The number of hydrogen-bond donors (Lipinski definition) is 0. The number of anilines is 1. The van der Waals surface area contributed by atoms with Gasteiger partial charge in [-0.1, -0.05) is 0 Å². The lowest BCUT2D eigenvalue weighted by Gasteiger charge is -2.27. The summed E-state index contributed by atoms with van der Waals surface area (Å²) < 4.78 is 52.9. The van der Waals surface area contributed by atoms with Crippen LogP contribution >= 0.6 is 11.8 Å². The molecule has 0 aromatic carbocycles. The van der Waals surface area contributed by atoms with E-state index in [-0.39, 0.29) is 6.04 Å². The molecule has 0 N–H and O–H groups in total. The smallest absolute Gasteiger partial charge is 0.253 e. The van der Waals surface area contributed by atoms with E-state index in [9.17, 15) is 17.6 Å². The van der Waals surface area contributed by atoms with Crippen molar-refractivity contribution in [2.45, 2.75) is 19.4 Å². The summed E-state index contributed by atoms with van der Waals surface area (Å²) in [5.41, 5.74) is -0.714. The van der Waals surface area contributed by atoms with Gasteiger partial charge in [0.05, 0.1) is 0 Å². The van der Waals surface area contributed by atoms with Gasteiger partial charge in [0, 0.05) is 13.1 Å². The van der Waals surface area contributed by atoms with Gasteiger partial charge in [0.25, 0.3) is 11.9 Å². The van der Waals surface area contributed by atoms with Crippen LogP contribution in [0.15, 0.2) is 0 Å². The zero-order valence-electron chi connectivity index (χ0n) is 10.3. The molecule has 1 aromatic heterocycles. The van der Waals surface area contributed by atoms with Gasteiger partial charge in [-0.15, -0.1) is 0 Å². The SMILES string of the molecule is CSCCC(C)N(C)c1c(F)c(F)nc(F)c1F. The maximum absolute atomic E-state index is 13.5. The highest BCUT2D eigenvalue weighted by molar-refractivity contribution is 7.98. The first kappa shape index (κ1) is 15.1. The molecule has 2 nitrogen and oxygen atoms in total. The lowest BCUT2D eigenvalue weighted by molar-refractivity contribution is 0.404. The molecule has 0 bridgehead atoms. The zero-order valence-corrected chi connectivity index (χ0v) is 11.1. The Bertz CT molecular complexity index is 402. The second kappa shape index (κ2) is 6.26. The molecule has 0 saturated carbocycles. The molecule has 0 radical (unpaired) electrons. The number of thioether (sulfide) groups is 1. The molecule has 18 heavy (non-hydrogen) atoms. The van der Waals surface area contributed by atoms with E-state index in [4.69, 9.17) is 0 Å². The first-order valence-electron chi connectivity index (χ1n) is 5.31. The second-order valence-electron chi connectivity index (χ2n) is 3.91. The Morgan fingerprint density at radius 1 is 1.17 bits per heavy atom. The zero-order chi connectivity index (χ0) is 13.9. The van der Waals surface area contributed by atoms with Gasteiger partial charge < -0.3 is 4.90 Å². The van der Waals surface area contributed by atoms with Gasteiger partial charge in [0.1, 0.15) is 5.69 Å². The van der Waals surface area contributed by atoms with E-state index in [2.05, 4.69) is 4.98 Å². The Kier molecular flexibility index (Phi) is 5.25. The number of halogens is 4. The summed E-state index contributed by atoms with van der Waals surface area (Å²) >= 11 is 1.58. The number of rotatable bonds is 5. The minimum atomic E-state index is -1.63. The minimum absolute atomic E-state index is 0.248. The molecule has 7 heteroatoms. The lowest BCUT2D eigenvalue weighted by atomic mass is 10.2. The standard InChI is InChI=1S/C11H14F4N2S/c1-6(4-5-18-3)17(2)9-7(12)10(14)16-11(15)8(9)13/h6H,4-5H2,1-3H3. The average Bonchev–Trinajstić information content (AvgIpc) is 2.33. The molecule has 0 aliphatic rings.